The topological polar surface area (TPSA) is 85.6 Å². The molecule has 0 bridgehead atoms. The van der Waals surface area contributed by atoms with Gasteiger partial charge in [0.2, 0.25) is 0 Å². The van der Waals surface area contributed by atoms with Gasteiger partial charge in [-0.3, -0.25) is 4.79 Å². The molecule has 0 aromatic heterocycles. The molecule has 2 atom stereocenters. The predicted octanol–water partition coefficient (Wildman–Crippen LogP) is 4.42. The summed E-state index contributed by atoms with van der Waals surface area (Å²) in [4.78, 5) is 14.2. The monoisotopic (exact) mass is 473 g/mol. The van der Waals surface area contributed by atoms with Crippen molar-refractivity contribution in [3.8, 4) is 11.8 Å². The van der Waals surface area contributed by atoms with Crippen LogP contribution in [0.2, 0.25) is 0 Å². The zero-order valence-corrected chi connectivity index (χ0v) is 20.3. The van der Waals surface area contributed by atoms with Crippen molar-refractivity contribution in [1.82, 2.24) is 10.2 Å². The van der Waals surface area contributed by atoms with Crippen molar-refractivity contribution < 1.29 is 14.6 Å². The number of ether oxygens (including phenoxy) is 1. The molecule has 2 aliphatic carbocycles. The fourth-order valence-electron chi connectivity index (χ4n) is 5.73. The average Bonchev–Trinajstić information content (AvgIpc) is 3.65. The maximum absolute atomic E-state index is 11.9. The van der Waals surface area contributed by atoms with Crippen LogP contribution in [0.1, 0.15) is 55.6 Å². The molecule has 35 heavy (non-hydrogen) atoms. The van der Waals surface area contributed by atoms with E-state index in [1.165, 1.54) is 12.0 Å². The first-order valence-electron chi connectivity index (χ1n) is 12.9. The van der Waals surface area contributed by atoms with Crippen LogP contribution in [0.25, 0.3) is 0 Å². The third-order valence-electron chi connectivity index (χ3n) is 8.49. The molecule has 2 aromatic rings. The van der Waals surface area contributed by atoms with E-state index in [4.69, 9.17) is 10.00 Å². The highest BCUT2D eigenvalue weighted by Crippen LogP contribution is 2.44. The standard InChI is InChI=1S/C29H35N3O3/c30-18-22-7-9-24(10-8-22)35-21-28(19-31-26-17-25(26)23-5-2-1-3-6-23)13-15-32(16-14-28)20-29(27(33)34)11-4-12-29/h1-3,5-10,25-26,31H,4,11-17,19-21H2,(H,33,34). The van der Waals surface area contributed by atoms with Crippen LogP contribution in [0.5, 0.6) is 5.75 Å². The summed E-state index contributed by atoms with van der Waals surface area (Å²) in [5.41, 5.74) is 1.51. The maximum Gasteiger partial charge on any atom is 0.310 e. The molecule has 2 N–H and O–H groups in total. The van der Waals surface area contributed by atoms with Crippen LogP contribution in [-0.2, 0) is 4.79 Å². The first-order valence-corrected chi connectivity index (χ1v) is 12.9. The number of likely N-dealkylation sites (tertiary alicyclic amines) is 1. The lowest BCUT2D eigenvalue weighted by atomic mass is 9.68. The molecule has 0 amide bonds. The third kappa shape index (κ3) is 5.37. The minimum absolute atomic E-state index is 0.00419. The molecule has 6 heteroatoms. The molecule has 1 heterocycles. The Hall–Kier alpha value is -2.88. The van der Waals surface area contributed by atoms with E-state index in [1.54, 1.807) is 12.1 Å². The largest absolute Gasteiger partial charge is 0.493 e. The Morgan fingerprint density at radius 1 is 1.09 bits per heavy atom. The fraction of sp³-hybridized carbons (Fsp3) is 0.517. The van der Waals surface area contributed by atoms with Crippen LogP contribution < -0.4 is 10.1 Å². The van der Waals surface area contributed by atoms with Gasteiger partial charge in [-0.25, -0.2) is 0 Å². The summed E-state index contributed by atoms with van der Waals surface area (Å²) in [6.45, 7) is 3.99. The van der Waals surface area contributed by atoms with E-state index >= 15 is 0 Å². The van der Waals surface area contributed by atoms with E-state index in [0.717, 1.165) is 57.5 Å². The molecule has 0 spiro atoms. The minimum atomic E-state index is -0.632. The summed E-state index contributed by atoms with van der Waals surface area (Å²) in [6, 6.07) is 20.7. The molecule has 5 rings (SSSR count). The molecule has 2 aromatic carbocycles. The Morgan fingerprint density at radius 2 is 1.80 bits per heavy atom. The van der Waals surface area contributed by atoms with Crippen LogP contribution in [0, 0.1) is 22.2 Å². The molecule has 3 aliphatic rings. The quantitative estimate of drug-likeness (QED) is 0.531. The van der Waals surface area contributed by atoms with Gasteiger partial charge in [-0.15, -0.1) is 0 Å². The first kappa shape index (κ1) is 23.8. The minimum Gasteiger partial charge on any atom is -0.493 e. The van der Waals surface area contributed by atoms with Gasteiger partial charge in [0.1, 0.15) is 5.75 Å². The van der Waals surface area contributed by atoms with E-state index < -0.39 is 11.4 Å². The summed E-state index contributed by atoms with van der Waals surface area (Å²) < 4.78 is 6.26. The van der Waals surface area contributed by atoms with E-state index in [0.29, 0.717) is 30.7 Å². The lowest BCUT2D eigenvalue weighted by Gasteiger charge is -2.46. The number of carboxylic acids is 1. The highest BCUT2D eigenvalue weighted by atomic mass is 16.5. The van der Waals surface area contributed by atoms with E-state index in [-0.39, 0.29) is 5.41 Å². The van der Waals surface area contributed by atoms with Gasteiger partial charge in [0.05, 0.1) is 23.7 Å². The molecule has 3 fully saturated rings. The van der Waals surface area contributed by atoms with Gasteiger partial charge < -0.3 is 20.1 Å². The Labute approximate surface area is 207 Å². The SMILES string of the molecule is N#Cc1ccc(OCC2(CNC3CC3c3ccccc3)CCN(CC3(C(=O)O)CCC3)CC2)cc1. The van der Waals surface area contributed by atoms with Crippen LogP contribution in [-0.4, -0.2) is 54.8 Å². The summed E-state index contributed by atoms with van der Waals surface area (Å²) >= 11 is 0. The number of aliphatic carboxylic acids is 1. The van der Waals surface area contributed by atoms with Crippen molar-refractivity contribution in [2.24, 2.45) is 10.8 Å². The maximum atomic E-state index is 11.9. The van der Waals surface area contributed by atoms with Crippen molar-refractivity contribution in [1.29, 1.82) is 5.26 Å². The second-order valence-corrected chi connectivity index (χ2v) is 10.9. The zero-order chi connectivity index (χ0) is 24.3. The van der Waals surface area contributed by atoms with Gasteiger partial charge in [0.25, 0.3) is 0 Å². The third-order valence-corrected chi connectivity index (χ3v) is 8.49. The van der Waals surface area contributed by atoms with Gasteiger partial charge >= 0.3 is 5.97 Å². The van der Waals surface area contributed by atoms with Crippen molar-refractivity contribution in [2.45, 2.75) is 50.5 Å². The van der Waals surface area contributed by atoms with E-state index in [2.05, 4.69) is 46.6 Å². The Balaban J connectivity index is 1.21. The summed E-state index contributed by atoms with van der Waals surface area (Å²) in [5.74, 6) is 0.743. The molecular formula is C29H35N3O3. The number of rotatable bonds is 10. The van der Waals surface area contributed by atoms with E-state index in [9.17, 15) is 9.90 Å². The zero-order valence-electron chi connectivity index (χ0n) is 20.3. The van der Waals surface area contributed by atoms with Gasteiger partial charge in [-0.2, -0.15) is 5.26 Å². The molecule has 0 radical (unpaired) electrons. The number of nitrogens with one attached hydrogen (secondary N) is 1. The predicted molar refractivity (Wildman–Crippen MR) is 134 cm³/mol. The molecule has 2 unspecified atom stereocenters. The van der Waals surface area contributed by atoms with Gasteiger partial charge in [0, 0.05) is 30.5 Å². The second kappa shape index (κ2) is 10.0. The molecular weight excluding hydrogens is 438 g/mol. The van der Waals surface area contributed by atoms with Crippen LogP contribution >= 0.6 is 0 Å². The van der Waals surface area contributed by atoms with Crippen LogP contribution in [0.3, 0.4) is 0 Å². The lowest BCUT2D eigenvalue weighted by molar-refractivity contribution is -0.156. The molecule has 6 nitrogen and oxygen atoms in total. The second-order valence-electron chi connectivity index (χ2n) is 10.9. The molecule has 1 aliphatic heterocycles. The van der Waals surface area contributed by atoms with Crippen LogP contribution in [0.4, 0.5) is 0 Å². The summed E-state index contributed by atoms with van der Waals surface area (Å²) in [5, 5.41) is 22.7. The Morgan fingerprint density at radius 3 is 2.40 bits per heavy atom. The molecule has 184 valence electrons. The number of benzene rings is 2. The summed E-state index contributed by atoms with van der Waals surface area (Å²) in [7, 11) is 0. The number of hydrogen-bond acceptors (Lipinski definition) is 5. The number of carbonyl (C=O) groups is 1. The summed E-state index contributed by atoms with van der Waals surface area (Å²) in [6.07, 6.45) is 5.76. The highest BCUT2D eigenvalue weighted by Gasteiger charge is 2.47. The average molecular weight is 474 g/mol. The highest BCUT2D eigenvalue weighted by molar-refractivity contribution is 5.76. The Kier molecular flexibility index (Phi) is 6.82. The number of nitriles is 1. The van der Waals surface area contributed by atoms with Crippen molar-refractivity contribution >= 4 is 5.97 Å². The molecule has 2 saturated carbocycles. The van der Waals surface area contributed by atoms with Gasteiger partial charge in [-0.1, -0.05) is 36.8 Å². The number of hydrogen-bond donors (Lipinski definition) is 2. The van der Waals surface area contributed by atoms with Crippen molar-refractivity contribution in [3.05, 3.63) is 65.7 Å². The number of carboxylic acid groups (broad SMARTS) is 1. The number of nitrogens with zero attached hydrogens (tertiary/aromatic N) is 2. The van der Waals surface area contributed by atoms with Crippen molar-refractivity contribution in [2.75, 3.05) is 32.8 Å². The van der Waals surface area contributed by atoms with Gasteiger partial charge in [-0.05, 0) is 75.0 Å². The van der Waals surface area contributed by atoms with Crippen molar-refractivity contribution in [3.63, 3.8) is 0 Å². The van der Waals surface area contributed by atoms with Crippen LogP contribution in [0.15, 0.2) is 54.6 Å². The van der Waals surface area contributed by atoms with Gasteiger partial charge in [0.15, 0.2) is 0 Å². The van der Waals surface area contributed by atoms with E-state index in [1.807, 2.05) is 12.1 Å². The molecule has 1 saturated heterocycles. The smallest absolute Gasteiger partial charge is 0.310 e. The first-order chi connectivity index (χ1) is 17.0. The normalized spacial score (nSPS) is 24.7. The Bertz CT molecular complexity index is 1050. The number of piperidine rings is 1. The lowest BCUT2D eigenvalue weighted by Crippen LogP contribution is -2.53. The fourth-order valence-corrected chi connectivity index (χ4v) is 5.73.